The van der Waals surface area contributed by atoms with E-state index in [-0.39, 0.29) is 22.7 Å². The van der Waals surface area contributed by atoms with Gasteiger partial charge in [0.05, 0.1) is 10.9 Å². The van der Waals surface area contributed by atoms with Crippen LogP contribution in [-0.2, 0) is 10.0 Å². The molecule has 140 valence electrons. The summed E-state index contributed by atoms with van der Waals surface area (Å²) in [7, 11) is -3.74. The first-order chi connectivity index (χ1) is 13.1. The first kappa shape index (κ1) is 18.0. The molecule has 2 atom stereocenters. The summed E-state index contributed by atoms with van der Waals surface area (Å²) >= 11 is 0. The summed E-state index contributed by atoms with van der Waals surface area (Å²) < 4.78 is 28.9. The third-order valence-electron chi connectivity index (χ3n) is 5.24. The second-order valence-corrected chi connectivity index (χ2v) is 8.62. The van der Waals surface area contributed by atoms with Gasteiger partial charge in [-0.25, -0.2) is 13.1 Å². The predicted molar refractivity (Wildman–Crippen MR) is 105 cm³/mol. The van der Waals surface area contributed by atoms with Crippen molar-refractivity contribution in [2.75, 3.05) is 13.1 Å². The summed E-state index contributed by atoms with van der Waals surface area (Å²) in [6.45, 7) is 1.93. The van der Waals surface area contributed by atoms with E-state index in [1.54, 1.807) is 0 Å². The van der Waals surface area contributed by atoms with Gasteiger partial charge < -0.3 is 0 Å². The van der Waals surface area contributed by atoms with E-state index < -0.39 is 10.0 Å². The lowest BCUT2D eigenvalue weighted by molar-refractivity contribution is 0.243. The first-order valence-corrected chi connectivity index (χ1v) is 10.5. The van der Waals surface area contributed by atoms with Gasteiger partial charge in [0.15, 0.2) is 0 Å². The Morgan fingerprint density at radius 3 is 2.41 bits per heavy atom. The molecule has 0 radical (unpaired) electrons. The third-order valence-corrected chi connectivity index (χ3v) is 6.70. The average molecular weight is 383 g/mol. The lowest BCUT2D eigenvalue weighted by Gasteiger charge is -2.36. The maximum absolute atomic E-state index is 13.0. The number of fused-ring (bicyclic) bond motifs is 1. The number of nitrogens with one attached hydrogen (secondary N) is 1. The van der Waals surface area contributed by atoms with Crippen LogP contribution in [0.25, 0.3) is 6.08 Å². The highest BCUT2D eigenvalue weighted by Gasteiger charge is 2.35. The summed E-state index contributed by atoms with van der Waals surface area (Å²) in [5.41, 5.74) is 2.21. The molecular formula is C20H21N3O3S. The molecule has 1 aliphatic heterocycles. The molecule has 0 amide bonds. The highest BCUT2D eigenvalue weighted by atomic mass is 32.2. The quantitative estimate of drug-likeness (QED) is 0.800. The standard InChI is InChI=1S/C20H21N3O3S/c24-21-16-8-10-17(11-9-16)27(25,26)22-20-18-6-2-1-5-15(18)7-12-19(20)23-13-3-4-14-23/h1-2,5-12,19-20,22H,3-4,13-14H2/t19-,20-/m1/s1. The number of likely N-dealkylation sites (tertiary alicyclic amines) is 1. The fourth-order valence-electron chi connectivity index (χ4n) is 3.87. The Hall–Kier alpha value is -2.35. The van der Waals surface area contributed by atoms with Crippen LogP contribution in [0, 0.1) is 4.91 Å². The van der Waals surface area contributed by atoms with E-state index in [1.165, 1.54) is 24.3 Å². The summed E-state index contributed by atoms with van der Waals surface area (Å²) in [4.78, 5) is 13.0. The van der Waals surface area contributed by atoms with Crippen molar-refractivity contribution in [2.45, 2.75) is 29.8 Å². The number of nitroso groups, excluding NO2 is 1. The van der Waals surface area contributed by atoms with Crippen LogP contribution in [0.5, 0.6) is 0 Å². The van der Waals surface area contributed by atoms with Gasteiger partial charge in [0.25, 0.3) is 0 Å². The van der Waals surface area contributed by atoms with Crippen molar-refractivity contribution in [1.82, 2.24) is 9.62 Å². The minimum atomic E-state index is -3.74. The molecule has 1 aliphatic carbocycles. The summed E-state index contributed by atoms with van der Waals surface area (Å²) in [5.74, 6) is 0. The maximum atomic E-state index is 13.0. The van der Waals surface area contributed by atoms with Gasteiger partial charge in [0.2, 0.25) is 10.0 Å². The Balaban J connectivity index is 1.69. The van der Waals surface area contributed by atoms with E-state index >= 15 is 0 Å². The van der Waals surface area contributed by atoms with E-state index in [2.05, 4.69) is 27.0 Å². The Morgan fingerprint density at radius 2 is 1.70 bits per heavy atom. The van der Waals surface area contributed by atoms with Crippen LogP contribution in [0.4, 0.5) is 5.69 Å². The minimum Gasteiger partial charge on any atom is -0.295 e. The minimum absolute atomic E-state index is 0.0203. The number of rotatable bonds is 5. The zero-order valence-electron chi connectivity index (χ0n) is 14.8. The van der Waals surface area contributed by atoms with E-state index in [0.29, 0.717) is 0 Å². The second-order valence-electron chi connectivity index (χ2n) is 6.91. The highest BCUT2D eigenvalue weighted by Crippen LogP contribution is 2.34. The Kier molecular flexibility index (Phi) is 4.90. The van der Waals surface area contributed by atoms with E-state index in [1.807, 2.05) is 24.3 Å². The molecule has 0 spiro atoms. The third kappa shape index (κ3) is 3.58. The SMILES string of the molecule is O=Nc1ccc(S(=O)(=O)N[C@@H]2c3ccccc3C=C[C@H]2N2CCCC2)cc1. The molecule has 7 heteroatoms. The molecule has 0 unspecified atom stereocenters. The molecule has 1 fully saturated rings. The van der Waals surface area contributed by atoms with Crippen LogP contribution < -0.4 is 4.72 Å². The van der Waals surface area contributed by atoms with Crippen molar-refractivity contribution in [1.29, 1.82) is 0 Å². The molecule has 0 aromatic heterocycles. The van der Waals surface area contributed by atoms with Crippen molar-refractivity contribution < 1.29 is 8.42 Å². The van der Waals surface area contributed by atoms with Crippen molar-refractivity contribution in [2.24, 2.45) is 5.18 Å². The largest absolute Gasteiger partial charge is 0.295 e. The molecule has 6 nitrogen and oxygen atoms in total. The number of sulfonamides is 1. The number of nitrogens with zero attached hydrogens (tertiary/aromatic N) is 2. The van der Waals surface area contributed by atoms with Crippen LogP contribution >= 0.6 is 0 Å². The number of hydrogen-bond donors (Lipinski definition) is 1. The zero-order chi connectivity index (χ0) is 18.9. The second kappa shape index (κ2) is 7.34. The van der Waals surface area contributed by atoms with Gasteiger partial charge in [0, 0.05) is 6.04 Å². The molecule has 1 N–H and O–H groups in total. The molecule has 4 rings (SSSR count). The molecule has 27 heavy (non-hydrogen) atoms. The van der Waals surface area contributed by atoms with Crippen LogP contribution in [-0.4, -0.2) is 32.4 Å². The van der Waals surface area contributed by atoms with Crippen LogP contribution in [0.3, 0.4) is 0 Å². The van der Waals surface area contributed by atoms with E-state index in [9.17, 15) is 13.3 Å². The molecule has 1 saturated heterocycles. The summed E-state index contributed by atoms with van der Waals surface area (Å²) in [6, 6.07) is 13.1. The van der Waals surface area contributed by atoms with Gasteiger partial charge in [0.1, 0.15) is 5.69 Å². The van der Waals surface area contributed by atoms with Gasteiger partial charge in [-0.05, 0) is 66.5 Å². The van der Waals surface area contributed by atoms with Gasteiger partial charge in [-0.1, -0.05) is 36.4 Å². The van der Waals surface area contributed by atoms with Crippen LogP contribution in [0.1, 0.15) is 30.0 Å². The highest BCUT2D eigenvalue weighted by molar-refractivity contribution is 7.89. The van der Waals surface area contributed by atoms with E-state index in [0.717, 1.165) is 37.1 Å². The van der Waals surface area contributed by atoms with Crippen LogP contribution in [0.15, 0.2) is 64.7 Å². The maximum Gasteiger partial charge on any atom is 0.241 e. The van der Waals surface area contributed by atoms with Crippen molar-refractivity contribution in [3.63, 3.8) is 0 Å². The molecule has 2 aromatic carbocycles. The normalized spacial score (nSPS) is 22.5. The fourth-order valence-corrected chi connectivity index (χ4v) is 5.10. The van der Waals surface area contributed by atoms with Gasteiger partial charge in [-0.3, -0.25) is 4.90 Å². The fraction of sp³-hybridized carbons (Fsp3) is 0.300. The topological polar surface area (TPSA) is 78.8 Å². The molecule has 1 heterocycles. The number of benzene rings is 2. The summed E-state index contributed by atoms with van der Waals surface area (Å²) in [6.07, 6.45) is 6.44. The van der Waals surface area contributed by atoms with Crippen molar-refractivity contribution in [3.8, 4) is 0 Å². The smallest absolute Gasteiger partial charge is 0.241 e. The predicted octanol–water partition coefficient (Wildman–Crippen LogP) is 3.60. The molecular weight excluding hydrogens is 362 g/mol. The average Bonchev–Trinajstić information content (AvgIpc) is 3.22. The van der Waals surface area contributed by atoms with Gasteiger partial charge >= 0.3 is 0 Å². The Labute approximate surface area is 158 Å². The lowest BCUT2D eigenvalue weighted by Crippen LogP contribution is -2.45. The van der Waals surface area contributed by atoms with Crippen LogP contribution in [0.2, 0.25) is 0 Å². The van der Waals surface area contributed by atoms with Gasteiger partial charge in [-0.2, -0.15) is 0 Å². The summed E-state index contributed by atoms with van der Waals surface area (Å²) in [5, 5.41) is 2.82. The van der Waals surface area contributed by atoms with Crippen molar-refractivity contribution >= 4 is 21.8 Å². The van der Waals surface area contributed by atoms with Gasteiger partial charge in [-0.15, -0.1) is 4.91 Å². The monoisotopic (exact) mass is 383 g/mol. The molecule has 0 saturated carbocycles. The first-order valence-electron chi connectivity index (χ1n) is 9.05. The molecule has 0 bridgehead atoms. The molecule has 2 aliphatic rings. The lowest BCUT2D eigenvalue weighted by atomic mass is 9.89. The zero-order valence-corrected chi connectivity index (χ0v) is 15.6. The van der Waals surface area contributed by atoms with Crippen molar-refractivity contribution in [3.05, 3.63) is 70.6 Å². The van der Waals surface area contributed by atoms with E-state index in [4.69, 9.17) is 0 Å². The molecule has 2 aromatic rings. The number of hydrogen-bond acceptors (Lipinski definition) is 5. The Morgan fingerprint density at radius 1 is 1.00 bits per heavy atom. The Bertz CT molecular complexity index is 964.